The fraction of sp³-hybridized carbons (Fsp3) is 0.500. The second-order valence-corrected chi connectivity index (χ2v) is 3.87. The van der Waals surface area contributed by atoms with Crippen LogP contribution < -0.4 is 11.5 Å². The van der Waals surface area contributed by atoms with Crippen molar-refractivity contribution in [2.24, 2.45) is 11.5 Å². The molecule has 1 aromatic carbocycles. The minimum atomic E-state index is 0. The highest BCUT2D eigenvalue weighted by molar-refractivity contribution is 5.85. The Hall–Kier alpha value is -0.570. The molecule has 0 unspecified atom stereocenters. The maximum atomic E-state index is 5.75. The molecule has 0 saturated heterocycles. The Kier molecular flexibility index (Phi) is 5.29. The Balaban J connectivity index is 0.00000196. The van der Waals surface area contributed by atoms with Gasteiger partial charge in [0.15, 0.2) is 0 Å². The smallest absolute Gasteiger partial charge is 0.0183 e. The molecule has 1 aromatic rings. The van der Waals surface area contributed by atoms with Crippen LogP contribution in [-0.2, 0) is 13.1 Å². The maximum Gasteiger partial charge on any atom is 0.0183 e. The summed E-state index contributed by atoms with van der Waals surface area (Å²) in [6.45, 7) is 9.74. The lowest BCUT2D eigenvalue weighted by molar-refractivity contribution is 0.958. The van der Waals surface area contributed by atoms with Gasteiger partial charge in [-0.05, 0) is 61.1 Å². The first-order valence-corrected chi connectivity index (χ1v) is 5.02. The van der Waals surface area contributed by atoms with E-state index in [0.29, 0.717) is 13.1 Å². The van der Waals surface area contributed by atoms with Gasteiger partial charge in [0, 0.05) is 13.1 Å². The molecule has 15 heavy (non-hydrogen) atoms. The standard InChI is InChI=1S/C12H20N2.ClH/c1-7-8(2)12(6-14)10(4)9(3)11(7)5-13;/h5-6,13-14H2,1-4H3;1H. The molecule has 0 fully saturated rings. The lowest BCUT2D eigenvalue weighted by Crippen LogP contribution is -2.11. The fourth-order valence-corrected chi connectivity index (χ4v) is 2.08. The van der Waals surface area contributed by atoms with Gasteiger partial charge in [0.25, 0.3) is 0 Å². The van der Waals surface area contributed by atoms with Crippen molar-refractivity contribution in [1.29, 1.82) is 0 Å². The van der Waals surface area contributed by atoms with E-state index in [9.17, 15) is 0 Å². The van der Waals surface area contributed by atoms with E-state index in [2.05, 4.69) is 27.7 Å². The van der Waals surface area contributed by atoms with Crippen LogP contribution in [0.25, 0.3) is 0 Å². The molecule has 0 spiro atoms. The molecule has 0 aliphatic carbocycles. The van der Waals surface area contributed by atoms with E-state index in [1.165, 1.54) is 33.4 Å². The molecule has 0 aliphatic heterocycles. The predicted octanol–water partition coefficient (Wildman–Crippen LogP) is 2.26. The lowest BCUT2D eigenvalue weighted by Gasteiger charge is -2.18. The van der Waals surface area contributed by atoms with Gasteiger partial charge in [0.1, 0.15) is 0 Å². The van der Waals surface area contributed by atoms with Gasteiger partial charge in [-0.15, -0.1) is 12.4 Å². The minimum absolute atomic E-state index is 0. The fourth-order valence-electron chi connectivity index (χ4n) is 2.08. The summed E-state index contributed by atoms with van der Waals surface area (Å²) in [5.74, 6) is 0. The van der Waals surface area contributed by atoms with E-state index in [4.69, 9.17) is 11.5 Å². The second kappa shape index (κ2) is 5.50. The molecule has 0 amide bonds. The van der Waals surface area contributed by atoms with Gasteiger partial charge in [0.2, 0.25) is 0 Å². The van der Waals surface area contributed by atoms with Gasteiger partial charge in [0.05, 0.1) is 0 Å². The monoisotopic (exact) mass is 228 g/mol. The van der Waals surface area contributed by atoms with Crippen molar-refractivity contribution in [3.8, 4) is 0 Å². The first kappa shape index (κ1) is 14.4. The van der Waals surface area contributed by atoms with Gasteiger partial charge < -0.3 is 11.5 Å². The van der Waals surface area contributed by atoms with Gasteiger partial charge >= 0.3 is 0 Å². The van der Waals surface area contributed by atoms with Gasteiger partial charge in [-0.1, -0.05) is 0 Å². The molecular weight excluding hydrogens is 208 g/mol. The number of rotatable bonds is 2. The molecule has 0 aliphatic rings. The Morgan fingerprint density at radius 2 is 0.867 bits per heavy atom. The van der Waals surface area contributed by atoms with E-state index < -0.39 is 0 Å². The average Bonchev–Trinajstić information content (AvgIpc) is 2.17. The summed E-state index contributed by atoms with van der Waals surface area (Å²) >= 11 is 0. The van der Waals surface area contributed by atoms with Crippen LogP contribution in [0, 0.1) is 27.7 Å². The first-order chi connectivity index (χ1) is 6.54. The Morgan fingerprint density at radius 3 is 1.00 bits per heavy atom. The average molecular weight is 229 g/mol. The van der Waals surface area contributed by atoms with E-state index >= 15 is 0 Å². The molecule has 3 heteroatoms. The van der Waals surface area contributed by atoms with Crippen molar-refractivity contribution in [2.45, 2.75) is 40.8 Å². The molecule has 4 N–H and O–H groups in total. The highest BCUT2D eigenvalue weighted by Gasteiger charge is 2.11. The van der Waals surface area contributed by atoms with Crippen LogP contribution in [0.4, 0.5) is 0 Å². The Morgan fingerprint density at radius 1 is 0.667 bits per heavy atom. The summed E-state index contributed by atoms with van der Waals surface area (Å²) < 4.78 is 0. The number of hydrogen-bond acceptors (Lipinski definition) is 2. The van der Waals surface area contributed by atoms with Crippen molar-refractivity contribution < 1.29 is 0 Å². The Bertz CT molecular complexity index is 295. The molecule has 0 aromatic heterocycles. The van der Waals surface area contributed by atoms with Gasteiger partial charge in [-0.3, -0.25) is 0 Å². The molecule has 0 heterocycles. The van der Waals surface area contributed by atoms with Crippen LogP contribution in [0.15, 0.2) is 0 Å². The quantitative estimate of drug-likeness (QED) is 0.816. The maximum absolute atomic E-state index is 5.75. The first-order valence-electron chi connectivity index (χ1n) is 5.02. The normalized spacial score (nSPS) is 10.0. The largest absolute Gasteiger partial charge is 0.326 e. The van der Waals surface area contributed by atoms with Gasteiger partial charge in [-0.2, -0.15) is 0 Å². The highest BCUT2D eigenvalue weighted by atomic mass is 35.5. The molecule has 2 nitrogen and oxygen atoms in total. The molecular formula is C12H21ClN2. The summed E-state index contributed by atoms with van der Waals surface area (Å²) in [5.41, 5.74) is 19.3. The van der Waals surface area contributed by atoms with E-state index in [0.717, 1.165) is 0 Å². The zero-order valence-electron chi connectivity index (χ0n) is 9.98. The van der Waals surface area contributed by atoms with Crippen LogP contribution in [0.1, 0.15) is 33.4 Å². The zero-order valence-corrected chi connectivity index (χ0v) is 10.8. The van der Waals surface area contributed by atoms with E-state index in [1.54, 1.807) is 0 Å². The number of halogens is 1. The van der Waals surface area contributed by atoms with Crippen LogP contribution in [0.2, 0.25) is 0 Å². The summed E-state index contributed by atoms with van der Waals surface area (Å²) in [6, 6.07) is 0. The number of benzene rings is 1. The zero-order chi connectivity index (χ0) is 10.9. The third-order valence-corrected chi connectivity index (χ3v) is 3.34. The summed E-state index contributed by atoms with van der Waals surface area (Å²) in [4.78, 5) is 0. The van der Waals surface area contributed by atoms with Crippen LogP contribution >= 0.6 is 12.4 Å². The second-order valence-electron chi connectivity index (χ2n) is 3.87. The molecule has 1 rings (SSSR count). The van der Waals surface area contributed by atoms with Crippen LogP contribution in [-0.4, -0.2) is 0 Å². The summed E-state index contributed by atoms with van der Waals surface area (Å²) in [6.07, 6.45) is 0. The molecule has 0 atom stereocenters. The third-order valence-electron chi connectivity index (χ3n) is 3.34. The Labute approximate surface area is 98.5 Å². The van der Waals surface area contributed by atoms with Gasteiger partial charge in [-0.25, -0.2) is 0 Å². The lowest BCUT2D eigenvalue weighted by atomic mass is 9.89. The third kappa shape index (κ3) is 2.33. The summed E-state index contributed by atoms with van der Waals surface area (Å²) in [5, 5.41) is 0. The van der Waals surface area contributed by atoms with Crippen molar-refractivity contribution >= 4 is 12.4 Å². The van der Waals surface area contributed by atoms with Crippen molar-refractivity contribution in [3.05, 3.63) is 33.4 Å². The van der Waals surface area contributed by atoms with Crippen molar-refractivity contribution in [1.82, 2.24) is 0 Å². The van der Waals surface area contributed by atoms with Crippen LogP contribution in [0.3, 0.4) is 0 Å². The number of hydrogen-bond donors (Lipinski definition) is 2. The highest BCUT2D eigenvalue weighted by Crippen LogP contribution is 2.25. The minimum Gasteiger partial charge on any atom is -0.326 e. The van der Waals surface area contributed by atoms with E-state index in [-0.39, 0.29) is 12.4 Å². The number of nitrogens with two attached hydrogens (primary N) is 2. The molecule has 86 valence electrons. The topological polar surface area (TPSA) is 52.0 Å². The SMILES string of the molecule is Cc1c(C)c(CN)c(C)c(C)c1CN.Cl. The summed E-state index contributed by atoms with van der Waals surface area (Å²) in [7, 11) is 0. The molecule has 0 radical (unpaired) electrons. The predicted molar refractivity (Wildman–Crippen MR) is 68.4 cm³/mol. The van der Waals surface area contributed by atoms with Crippen LogP contribution in [0.5, 0.6) is 0 Å². The molecule has 0 bridgehead atoms. The van der Waals surface area contributed by atoms with Crippen molar-refractivity contribution in [2.75, 3.05) is 0 Å². The van der Waals surface area contributed by atoms with E-state index in [1.807, 2.05) is 0 Å². The molecule has 0 saturated carbocycles. The van der Waals surface area contributed by atoms with Crippen molar-refractivity contribution in [3.63, 3.8) is 0 Å².